The Morgan fingerprint density at radius 2 is 0.891 bits per heavy atom. The fourth-order valence-corrected chi connectivity index (χ4v) is 8.55. The fraction of sp³-hybridized carbons (Fsp3) is 0.975. The van der Waals surface area contributed by atoms with Crippen molar-refractivity contribution in [3.8, 4) is 0 Å². The predicted molar refractivity (Wildman–Crippen MR) is 211 cm³/mol. The molecule has 64 heavy (non-hydrogen) atoms. The maximum absolute atomic E-state index is 12.1. The van der Waals surface area contributed by atoms with Gasteiger partial charge in [-0.1, -0.05) is 39.0 Å². The molecule has 5 heterocycles. The molecule has 374 valence electrons. The van der Waals surface area contributed by atoms with Crippen molar-refractivity contribution in [2.45, 2.75) is 227 Å². The number of amides is 1. The van der Waals surface area contributed by atoms with E-state index in [2.05, 4.69) is 12.2 Å². The summed E-state index contributed by atoms with van der Waals surface area (Å²) in [5.74, 6) is -0.670. The highest BCUT2D eigenvalue weighted by atomic mass is 16.8. The van der Waals surface area contributed by atoms with Crippen LogP contribution in [0, 0.1) is 0 Å². The average molecular weight is 934 g/mol. The first-order chi connectivity index (χ1) is 30.3. The van der Waals surface area contributed by atoms with Gasteiger partial charge in [-0.15, -0.1) is 0 Å². The van der Waals surface area contributed by atoms with Gasteiger partial charge in [-0.2, -0.15) is 0 Å². The van der Waals surface area contributed by atoms with E-state index in [1.807, 2.05) is 0 Å². The lowest BCUT2D eigenvalue weighted by atomic mass is 9.94. The van der Waals surface area contributed by atoms with E-state index in [-0.39, 0.29) is 0 Å². The second-order valence-electron chi connectivity index (χ2n) is 17.3. The fourth-order valence-electron chi connectivity index (χ4n) is 8.55. The minimum Gasteiger partial charge on any atom is -0.394 e. The van der Waals surface area contributed by atoms with Crippen LogP contribution in [0.5, 0.6) is 0 Å². The van der Waals surface area contributed by atoms with Gasteiger partial charge in [0.05, 0.1) is 31.5 Å². The number of nitrogens with one attached hydrogen (secondary N) is 1. The highest BCUT2D eigenvalue weighted by Gasteiger charge is 2.56. The SMILES string of the molecule is CCCCCCCCO[C@@H]1O[C@@H](C)[C@H](O[C@@H]2O[C@@H](C)[C@H](O[C@@H]3O[C@@H](C)[C@H](O[C@@H]4O[C@H](CO)[C@@H](O)[C@H](O)[C@H]4NC(C)=O)[C@@H](O[C@@H]4O[C@H](CO)[C@@H](O)[C@H](O)[C@@H]4O)[C@H]3O)[C@@H](O)[C@H]2O)[C@@H](O)[C@H]1O. The van der Waals surface area contributed by atoms with Crippen LogP contribution >= 0.6 is 0 Å². The minimum absolute atomic E-state index is 0.301. The Morgan fingerprint density at radius 3 is 1.45 bits per heavy atom. The van der Waals surface area contributed by atoms with Crippen molar-refractivity contribution in [1.29, 1.82) is 0 Å². The van der Waals surface area contributed by atoms with E-state index in [0.717, 1.165) is 45.4 Å². The van der Waals surface area contributed by atoms with E-state index in [9.17, 15) is 66.1 Å². The van der Waals surface area contributed by atoms with E-state index in [4.69, 9.17) is 47.4 Å². The molecular weight excluding hydrogens is 862 g/mol. The quantitative estimate of drug-likeness (QED) is 0.0538. The van der Waals surface area contributed by atoms with Gasteiger partial charge in [-0.25, -0.2) is 0 Å². The molecule has 13 N–H and O–H groups in total. The maximum atomic E-state index is 12.1. The number of carbonyl (C=O) groups excluding carboxylic acids is 1. The van der Waals surface area contributed by atoms with Crippen LogP contribution in [0.4, 0.5) is 0 Å². The molecule has 5 aliphatic heterocycles. The Labute approximate surface area is 370 Å². The molecular formula is C40H71NO23. The second-order valence-corrected chi connectivity index (χ2v) is 17.3. The number of ether oxygens (including phenoxy) is 10. The molecule has 24 nitrogen and oxygen atoms in total. The van der Waals surface area contributed by atoms with Gasteiger partial charge in [0.1, 0.15) is 104 Å². The second kappa shape index (κ2) is 24.2. The average Bonchev–Trinajstić information content (AvgIpc) is 3.26. The van der Waals surface area contributed by atoms with E-state index in [0.29, 0.717) is 6.61 Å². The third-order valence-corrected chi connectivity index (χ3v) is 12.3. The lowest BCUT2D eigenvalue weighted by molar-refractivity contribution is -0.395. The van der Waals surface area contributed by atoms with Crippen molar-refractivity contribution in [2.75, 3.05) is 19.8 Å². The van der Waals surface area contributed by atoms with Gasteiger partial charge in [0.25, 0.3) is 0 Å². The number of carbonyl (C=O) groups is 1. The van der Waals surface area contributed by atoms with Gasteiger partial charge < -0.3 is 114 Å². The van der Waals surface area contributed by atoms with Crippen LogP contribution in [0.1, 0.15) is 73.1 Å². The van der Waals surface area contributed by atoms with E-state index < -0.39 is 173 Å². The molecule has 0 aromatic heterocycles. The molecule has 24 heteroatoms. The van der Waals surface area contributed by atoms with Gasteiger partial charge in [0, 0.05) is 13.5 Å². The van der Waals surface area contributed by atoms with Gasteiger partial charge in [-0.05, 0) is 27.2 Å². The van der Waals surface area contributed by atoms with Gasteiger partial charge >= 0.3 is 0 Å². The zero-order valence-electron chi connectivity index (χ0n) is 36.7. The molecule has 5 fully saturated rings. The Morgan fingerprint density at radius 1 is 0.469 bits per heavy atom. The number of unbranched alkanes of at least 4 members (excludes halogenated alkanes) is 5. The molecule has 1 amide bonds. The van der Waals surface area contributed by atoms with Crippen molar-refractivity contribution in [3.05, 3.63) is 0 Å². The number of rotatable bonds is 19. The molecule has 0 aliphatic carbocycles. The summed E-state index contributed by atoms with van der Waals surface area (Å²) in [5.41, 5.74) is 0. The van der Waals surface area contributed by atoms with Gasteiger partial charge in [0.15, 0.2) is 31.5 Å². The summed E-state index contributed by atoms with van der Waals surface area (Å²) in [7, 11) is 0. The Kier molecular flexibility index (Phi) is 20.3. The Hall–Kier alpha value is -1.41. The first-order valence-electron chi connectivity index (χ1n) is 22.1. The van der Waals surface area contributed by atoms with Crippen LogP contribution in [-0.2, 0) is 52.2 Å². The lowest BCUT2D eigenvalue weighted by Gasteiger charge is -2.50. The van der Waals surface area contributed by atoms with Gasteiger partial charge in [0.2, 0.25) is 5.91 Å². The number of hydrogen-bond donors (Lipinski definition) is 13. The third kappa shape index (κ3) is 12.4. The number of hydrogen-bond acceptors (Lipinski definition) is 23. The first-order valence-corrected chi connectivity index (χ1v) is 22.1. The highest BCUT2D eigenvalue weighted by molar-refractivity contribution is 5.73. The first kappa shape index (κ1) is 53.5. The molecule has 0 unspecified atom stereocenters. The summed E-state index contributed by atoms with van der Waals surface area (Å²) in [6, 6.07) is -1.47. The molecule has 0 aromatic carbocycles. The smallest absolute Gasteiger partial charge is 0.217 e. The lowest BCUT2D eigenvalue weighted by Crippen LogP contribution is -2.69. The summed E-state index contributed by atoms with van der Waals surface area (Å²) >= 11 is 0. The molecule has 0 saturated carbocycles. The zero-order chi connectivity index (χ0) is 47.2. The molecule has 0 radical (unpaired) electrons. The Balaban J connectivity index is 1.29. The van der Waals surface area contributed by atoms with Crippen LogP contribution in [0.25, 0.3) is 0 Å². The largest absolute Gasteiger partial charge is 0.394 e. The van der Waals surface area contributed by atoms with Gasteiger partial charge in [-0.3, -0.25) is 4.79 Å². The molecule has 0 bridgehead atoms. The summed E-state index contributed by atoms with van der Waals surface area (Å²) in [4.78, 5) is 12.1. The van der Waals surface area contributed by atoms with Crippen molar-refractivity contribution < 1.29 is 113 Å². The Bertz CT molecular complexity index is 1410. The molecule has 0 aromatic rings. The molecule has 5 aliphatic rings. The van der Waals surface area contributed by atoms with E-state index in [1.165, 1.54) is 13.8 Å². The minimum atomic E-state index is -1.99. The van der Waals surface area contributed by atoms with Crippen molar-refractivity contribution >= 4 is 5.91 Å². The van der Waals surface area contributed by atoms with Crippen molar-refractivity contribution in [1.82, 2.24) is 5.32 Å². The topological polar surface area (TPSA) is 364 Å². The summed E-state index contributed by atoms with van der Waals surface area (Å²) < 4.78 is 58.8. The summed E-state index contributed by atoms with van der Waals surface area (Å²) in [6.45, 7) is 6.35. The van der Waals surface area contributed by atoms with Crippen molar-refractivity contribution in [2.24, 2.45) is 0 Å². The monoisotopic (exact) mass is 933 g/mol. The maximum Gasteiger partial charge on any atom is 0.217 e. The summed E-state index contributed by atoms with van der Waals surface area (Å²) in [5, 5.41) is 132. The standard InChI is InChI=1S/C40H71NO23/c1-6-7-8-9-10-11-12-55-37-29(52)26(49)32(15(2)56-37)61-38-30(53)27(50)33(16(3)57-38)62-40-31(54)35(64-39-28(51)25(48)23(46)20(14-43)60-39)34(17(4)58-40)63-36-21(41-18(5)44)24(47)22(45)19(13-42)59-36/h15-17,19-40,42-43,45-54H,6-14H2,1-5H3,(H,41,44)/t15-,16-,17-,19+,20+,21+,22+,23+,24+,25-,26-,27-,28-,29+,30+,31+,32-,33-,34-,35-,36-,37+,38-,39-,40-/m0/s1. The summed E-state index contributed by atoms with van der Waals surface area (Å²) in [6.07, 6.45) is -31.8. The van der Waals surface area contributed by atoms with E-state index >= 15 is 0 Å². The number of aliphatic hydroxyl groups is 12. The predicted octanol–water partition coefficient (Wildman–Crippen LogP) is -5.31. The normalized spacial score (nSPS) is 47.9. The van der Waals surface area contributed by atoms with Crippen LogP contribution < -0.4 is 5.32 Å². The molecule has 0 spiro atoms. The van der Waals surface area contributed by atoms with Crippen LogP contribution in [0.3, 0.4) is 0 Å². The van der Waals surface area contributed by atoms with Crippen LogP contribution in [0.2, 0.25) is 0 Å². The molecule has 5 rings (SSSR count). The van der Waals surface area contributed by atoms with E-state index in [1.54, 1.807) is 6.92 Å². The third-order valence-electron chi connectivity index (χ3n) is 12.3. The van der Waals surface area contributed by atoms with Crippen molar-refractivity contribution in [3.63, 3.8) is 0 Å². The number of aliphatic hydroxyl groups excluding tert-OH is 12. The molecule has 5 saturated heterocycles. The zero-order valence-corrected chi connectivity index (χ0v) is 36.7. The highest BCUT2D eigenvalue weighted by Crippen LogP contribution is 2.36. The van der Waals surface area contributed by atoms with Crippen LogP contribution in [-0.4, -0.2) is 240 Å². The van der Waals surface area contributed by atoms with Crippen LogP contribution in [0.15, 0.2) is 0 Å². The molecule has 25 atom stereocenters.